The maximum Gasteiger partial charge on any atom is 0.225 e. The average molecular weight is 264 g/mol. The first-order chi connectivity index (χ1) is 9.06. The topological polar surface area (TPSA) is 64.3 Å². The molecule has 3 atom stereocenters. The van der Waals surface area contributed by atoms with Crippen LogP contribution in [0.2, 0.25) is 0 Å². The van der Waals surface area contributed by atoms with E-state index in [0.717, 1.165) is 5.56 Å². The van der Waals surface area contributed by atoms with Crippen molar-refractivity contribution in [3.8, 4) is 0 Å². The van der Waals surface area contributed by atoms with Crippen molar-refractivity contribution in [2.75, 3.05) is 13.2 Å². The predicted molar refractivity (Wildman–Crippen MR) is 76.6 cm³/mol. The monoisotopic (exact) mass is 264 g/mol. The zero-order valence-electron chi connectivity index (χ0n) is 11.9. The van der Waals surface area contributed by atoms with Crippen molar-refractivity contribution in [1.82, 2.24) is 5.32 Å². The van der Waals surface area contributed by atoms with E-state index in [0.29, 0.717) is 13.2 Å². The molecular formula is C15H24N2O2. The van der Waals surface area contributed by atoms with Crippen LogP contribution in [0.4, 0.5) is 0 Å². The summed E-state index contributed by atoms with van der Waals surface area (Å²) in [6.07, 6.45) is 0. The van der Waals surface area contributed by atoms with E-state index in [-0.39, 0.29) is 23.9 Å². The standard InChI is InChI=1S/C15H24N2O2/c1-4-19-10-11(2)17-15(18)12(3)14(16)13-8-6-5-7-9-13/h5-9,11-12,14H,4,10,16H2,1-3H3,(H,17,18). The minimum absolute atomic E-state index is 0.00197. The lowest BCUT2D eigenvalue weighted by Gasteiger charge is -2.22. The quantitative estimate of drug-likeness (QED) is 0.790. The summed E-state index contributed by atoms with van der Waals surface area (Å²) in [4.78, 5) is 12.1. The van der Waals surface area contributed by atoms with E-state index in [1.165, 1.54) is 0 Å². The molecule has 0 aliphatic heterocycles. The molecule has 3 unspecified atom stereocenters. The van der Waals surface area contributed by atoms with Crippen LogP contribution in [0.3, 0.4) is 0 Å². The minimum atomic E-state index is -0.291. The molecule has 106 valence electrons. The fourth-order valence-corrected chi connectivity index (χ4v) is 1.84. The molecule has 0 saturated carbocycles. The highest BCUT2D eigenvalue weighted by molar-refractivity contribution is 5.79. The molecular weight excluding hydrogens is 240 g/mol. The lowest BCUT2D eigenvalue weighted by Crippen LogP contribution is -2.42. The maximum absolute atomic E-state index is 12.1. The van der Waals surface area contributed by atoms with Crippen LogP contribution < -0.4 is 11.1 Å². The van der Waals surface area contributed by atoms with Crippen molar-refractivity contribution in [2.45, 2.75) is 32.9 Å². The van der Waals surface area contributed by atoms with Gasteiger partial charge < -0.3 is 15.8 Å². The third kappa shape index (κ3) is 5.01. The normalized spacial score (nSPS) is 15.6. The second-order valence-electron chi connectivity index (χ2n) is 4.79. The van der Waals surface area contributed by atoms with E-state index in [4.69, 9.17) is 10.5 Å². The molecule has 0 bridgehead atoms. The molecule has 0 aromatic heterocycles. The largest absolute Gasteiger partial charge is 0.380 e. The fraction of sp³-hybridized carbons (Fsp3) is 0.533. The Bertz CT molecular complexity index is 381. The Morgan fingerprint density at radius 2 is 1.95 bits per heavy atom. The number of hydrogen-bond acceptors (Lipinski definition) is 3. The van der Waals surface area contributed by atoms with Crippen molar-refractivity contribution in [3.63, 3.8) is 0 Å². The van der Waals surface area contributed by atoms with Crippen molar-refractivity contribution in [1.29, 1.82) is 0 Å². The Kier molecular flexibility index (Phi) is 6.53. The lowest BCUT2D eigenvalue weighted by atomic mass is 9.94. The van der Waals surface area contributed by atoms with Crippen molar-refractivity contribution in [2.24, 2.45) is 11.7 Å². The molecule has 0 heterocycles. The molecule has 1 aromatic rings. The second-order valence-corrected chi connectivity index (χ2v) is 4.79. The van der Waals surface area contributed by atoms with E-state index in [1.807, 2.05) is 51.1 Å². The molecule has 4 nitrogen and oxygen atoms in total. The molecule has 0 radical (unpaired) electrons. The molecule has 0 fully saturated rings. The number of benzene rings is 1. The van der Waals surface area contributed by atoms with Gasteiger partial charge in [-0.1, -0.05) is 37.3 Å². The number of carbonyl (C=O) groups excluding carboxylic acids is 1. The Hall–Kier alpha value is -1.39. The Morgan fingerprint density at radius 3 is 2.53 bits per heavy atom. The van der Waals surface area contributed by atoms with E-state index < -0.39 is 0 Å². The van der Waals surface area contributed by atoms with Gasteiger partial charge in [0.15, 0.2) is 0 Å². The van der Waals surface area contributed by atoms with Gasteiger partial charge in [-0.2, -0.15) is 0 Å². The van der Waals surface area contributed by atoms with E-state index >= 15 is 0 Å². The Morgan fingerprint density at radius 1 is 1.32 bits per heavy atom. The molecule has 0 aliphatic carbocycles. The van der Waals surface area contributed by atoms with Gasteiger partial charge >= 0.3 is 0 Å². The molecule has 0 saturated heterocycles. The number of nitrogens with two attached hydrogens (primary N) is 1. The van der Waals surface area contributed by atoms with Gasteiger partial charge in [0, 0.05) is 18.7 Å². The molecule has 1 amide bonds. The van der Waals surface area contributed by atoms with Crippen molar-refractivity contribution in [3.05, 3.63) is 35.9 Å². The summed E-state index contributed by atoms with van der Waals surface area (Å²) >= 11 is 0. The van der Waals surface area contributed by atoms with E-state index in [2.05, 4.69) is 5.32 Å². The van der Waals surface area contributed by atoms with Crippen LogP contribution >= 0.6 is 0 Å². The molecule has 0 aliphatic rings. The molecule has 3 N–H and O–H groups in total. The highest BCUT2D eigenvalue weighted by Gasteiger charge is 2.23. The first-order valence-corrected chi connectivity index (χ1v) is 6.74. The van der Waals surface area contributed by atoms with Crippen LogP contribution in [-0.2, 0) is 9.53 Å². The number of rotatable bonds is 7. The van der Waals surface area contributed by atoms with Crippen LogP contribution in [0.15, 0.2) is 30.3 Å². The summed E-state index contributed by atoms with van der Waals surface area (Å²) in [7, 11) is 0. The van der Waals surface area contributed by atoms with E-state index in [9.17, 15) is 4.79 Å². The van der Waals surface area contributed by atoms with Gasteiger partial charge in [0.25, 0.3) is 0 Å². The summed E-state index contributed by atoms with van der Waals surface area (Å²) in [6, 6.07) is 9.38. The van der Waals surface area contributed by atoms with Gasteiger partial charge in [-0.15, -0.1) is 0 Å². The number of hydrogen-bond donors (Lipinski definition) is 2. The van der Waals surface area contributed by atoms with Crippen LogP contribution in [-0.4, -0.2) is 25.2 Å². The fourth-order valence-electron chi connectivity index (χ4n) is 1.84. The Balaban J connectivity index is 2.52. The van der Waals surface area contributed by atoms with Gasteiger partial charge in [0.2, 0.25) is 5.91 Å². The molecule has 4 heteroatoms. The van der Waals surface area contributed by atoms with Crippen molar-refractivity contribution >= 4 is 5.91 Å². The predicted octanol–water partition coefficient (Wildman–Crippen LogP) is 1.86. The van der Waals surface area contributed by atoms with Crippen LogP contribution in [0.25, 0.3) is 0 Å². The molecule has 1 aromatic carbocycles. The van der Waals surface area contributed by atoms with Crippen molar-refractivity contribution < 1.29 is 9.53 Å². The van der Waals surface area contributed by atoms with E-state index in [1.54, 1.807) is 0 Å². The van der Waals surface area contributed by atoms with Gasteiger partial charge in [-0.3, -0.25) is 4.79 Å². The summed E-state index contributed by atoms with van der Waals surface area (Å²) < 4.78 is 5.28. The highest BCUT2D eigenvalue weighted by Crippen LogP contribution is 2.19. The van der Waals surface area contributed by atoms with Crippen LogP contribution in [0.5, 0.6) is 0 Å². The number of nitrogens with one attached hydrogen (secondary N) is 1. The summed E-state index contributed by atoms with van der Waals surface area (Å²) in [5.41, 5.74) is 7.10. The van der Waals surface area contributed by atoms with Crippen LogP contribution in [0.1, 0.15) is 32.4 Å². The lowest BCUT2D eigenvalue weighted by molar-refractivity contribution is -0.126. The third-order valence-corrected chi connectivity index (χ3v) is 3.10. The first-order valence-electron chi connectivity index (χ1n) is 6.74. The number of carbonyl (C=O) groups is 1. The third-order valence-electron chi connectivity index (χ3n) is 3.10. The summed E-state index contributed by atoms with van der Waals surface area (Å²) in [5.74, 6) is -0.310. The maximum atomic E-state index is 12.1. The minimum Gasteiger partial charge on any atom is -0.380 e. The average Bonchev–Trinajstić information content (AvgIpc) is 2.44. The van der Waals surface area contributed by atoms with Gasteiger partial charge in [-0.05, 0) is 19.4 Å². The Labute approximate surface area is 115 Å². The zero-order chi connectivity index (χ0) is 14.3. The van der Waals surface area contributed by atoms with Gasteiger partial charge in [0.05, 0.1) is 12.5 Å². The second kappa shape index (κ2) is 7.92. The van der Waals surface area contributed by atoms with Crippen LogP contribution in [0, 0.1) is 5.92 Å². The SMILES string of the molecule is CCOCC(C)NC(=O)C(C)C(N)c1ccccc1. The molecule has 1 rings (SSSR count). The van der Waals surface area contributed by atoms with Gasteiger partial charge in [-0.25, -0.2) is 0 Å². The number of amides is 1. The zero-order valence-corrected chi connectivity index (χ0v) is 11.9. The summed E-state index contributed by atoms with van der Waals surface area (Å²) in [5, 5.41) is 2.92. The smallest absolute Gasteiger partial charge is 0.225 e. The molecule has 0 spiro atoms. The first kappa shape index (κ1) is 15.7. The van der Waals surface area contributed by atoms with Gasteiger partial charge in [0.1, 0.15) is 0 Å². The summed E-state index contributed by atoms with van der Waals surface area (Å²) in [6.45, 7) is 6.88. The number of ether oxygens (including phenoxy) is 1. The highest BCUT2D eigenvalue weighted by atomic mass is 16.5. The molecule has 19 heavy (non-hydrogen) atoms.